The summed E-state index contributed by atoms with van der Waals surface area (Å²) in [5.41, 5.74) is 1.48. The second-order valence-electron chi connectivity index (χ2n) is 3.44. The van der Waals surface area contributed by atoms with Gasteiger partial charge in [-0.1, -0.05) is 24.3 Å². The van der Waals surface area contributed by atoms with Crippen LogP contribution in [0.4, 0.5) is 0 Å². The van der Waals surface area contributed by atoms with Crippen LogP contribution in [-0.4, -0.2) is 16.5 Å². The number of alkyl halides is 2. The van der Waals surface area contributed by atoms with E-state index in [4.69, 9.17) is 23.2 Å². The Hall–Kier alpha value is -0.270. The van der Waals surface area contributed by atoms with Crippen molar-refractivity contribution in [3.8, 4) is 0 Å². The molecule has 0 aliphatic carbocycles. The maximum Gasteiger partial charge on any atom is 0.141 e. The summed E-state index contributed by atoms with van der Waals surface area (Å²) in [5.74, 6) is 0.0694. The molecule has 0 aromatic carbocycles. The van der Waals surface area contributed by atoms with Gasteiger partial charge in [0, 0.05) is 12.8 Å². The van der Waals surface area contributed by atoms with Crippen LogP contribution in [0.5, 0.6) is 0 Å². The maximum atomic E-state index is 11.4. The van der Waals surface area contributed by atoms with Gasteiger partial charge in [0.1, 0.15) is 5.78 Å². The van der Waals surface area contributed by atoms with Crippen molar-refractivity contribution in [1.29, 1.82) is 0 Å². The Morgan fingerprint density at radius 2 is 1.36 bits per heavy atom. The van der Waals surface area contributed by atoms with E-state index in [1.54, 1.807) is 13.8 Å². The average molecular weight is 235 g/mol. The molecule has 0 amide bonds. The van der Waals surface area contributed by atoms with Crippen molar-refractivity contribution in [2.45, 2.75) is 37.4 Å². The van der Waals surface area contributed by atoms with E-state index in [2.05, 4.69) is 13.2 Å². The summed E-state index contributed by atoms with van der Waals surface area (Å²) in [5, 5.41) is -0.332. The number of hydrogen-bond acceptors (Lipinski definition) is 1. The number of halogens is 2. The molecule has 0 rings (SSSR count). The summed E-state index contributed by atoms with van der Waals surface area (Å²) in [6.07, 6.45) is 0.626. The quantitative estimate of drug-likeness (QED) is 0.506. The van der Waals surface area contributed by atoms with Gasteiger partial charge in [-0.25, -0.2) is 0 Å². The molecular weight excluding hydrogens is 219 g/mol. The molecule has 3 heteroatoms. The van der Waals surface area contributed by atoms with Crippen LogP contribution >= 0.6 is 23.2 Å². The van der Waals surface area contributed by atoms with E-state index in [9.17, 15) is 4.79 Å². The first-order valence-corrected chi connectivity index (χ1v) is 5.37. The van der Waals surface area contributed by atoms with Crippen LogP contribution in [0.1, 0.15) is 26.7 Å². The average Bonchev–Trinajstić information content (AvgIpc) is 2.03. The molecule has 14 heavy (non-hydrogen) atoms. The first-order valence-electron chi connectivity index (χ1n) is 4.49. The Morgan fingerprint density at radius 1 is 1.07 bits per heavy atom. The maximum absolute atomic E-state index is 11.4. The van der Waals surface area contributed by atoms with E-state index in [0.717, 1.165) is 11.1 Å². The van der Waals surface area contributed by atoms with E-state index < -0.39 is 0 Å². The highest BCUT2D eigenvalue weighted by Gasteiger charge is 2.12. The summed E-state index contributed by atoms with van der Waals surface area (Å²) in [7, 11) is 0. The van der Waals surface area contributed by atoms with Crippen molar-refractivity contribution >= 4 is 29.0 Å². The minimum Gasteiger partial charge on any atom is -0.299 e. The summed E-state index contributed by atoms with van der Waals surface area (Å²) in [6.45, 7) is 11.1. The van der Waals surface area contributed by atoms with Gasteiger partial charge in [0.2, 0.25) is 0 Å². The molecule has 0 radical (unpaired) electrons. The topological polar surface area (TPSA) is 17.1 Å². The molecule has 0 bridgehead atoms. The molecule has 0 fully saturated rings. The SMILES string of the molecule is C=C(CC(=O)CC(=C)C(C)Cl)C(C)Cl. The van der Waals surface area contributed by atoms with Crippen molar-refractivity contribution < 1.29 is 4.79 Å². The van der Waals surface area contributed by atoms with E-state index in [1.807, 2.05) is 0 Å². The van der Waals surface area contributed by atoms with E-state index in [-0.39, 0.29) is 16.5 Å². The van der Waals surface area contributed by atoms with Crippen LogP contribution in [0.3, 0.4) is 0 Å². The molecule has 1 nitrogen and oxygen atoms in total. The summed E-state index contributed by atoms with van der Waals surface area (Å²) >= 11 is 11.5. The molecule has 2 unspecified atom stereocenters. The minimum atomic E-state index is -0.166. The summed E-state index contributed by atoms with van der Waals surface area (Å²) in [6, 6.07) is 0. The molecule has 0 aliphatic rings. The lowest BCUT2D eigenvalue weighted by Crippen LogP contribution is -2.08. The molecule has 0 aromatic heterocycles. The van der Waals surface area contributed by atoms with Crippen LogP contribution in [-0.2, 0) is 4.79 Å². The van der Waals surface area contributed by atoms with Gasteiger partial charge in [0.05, 0.1) is 10.8 Å². The third kappa shape index (κ3) is 5.46. The zero-order chi connectivity index (χ0) is 11.3. The van der Waals surface area contributed by atoms with Gasteiger partial charge >= 0.3 is 0 Å². The second-order valence-corrected chi connectivity index (χ2v) is 4.75. The molecular formula is C11H16Cl2O. The number of ketones is 1. The lowest BCUT2D eigenvalue weighted by Gasteiger charge is -2.09. The fraction of sp³-hybridized carbons (Fsp3) is 0.545. The van der Waals surface area contributed by atoms with Crippen LogP contribution in [0, 0.1) is 0 Å². The third-order valence-electron chi connectivity index (χ3n) is 1.97. The zero-order valence-electron chi connectivity index (χ0n) is 8.65. The Bertz CT molecular complexity index is 218. The molecule has 0 saturated heterocycles. The zero-order valence-corrected chi connectivity index (χ0v) is 10.2. The van der Waals surface area contributed by atoms with Gasteiger partial charge in [-0.2, -0.15) is 0 Å². The number of carbonyl (C=O) groups is 1. The molecule has 0 N–H and O–H groups in total. The van der Waals surface area contributed by atoms with E-state index in [1.165, 1.54) is 0 Å². The third-order valence-corrected chi connectivity index (χ3v) is 2.59. The fourth-order valence-corrected chi connectivity index (χ4v) is 1.00. The van der Waals surface area contributed by atoms with Gasteiger partial charge in [0.25, 0.3) is 0 Å². The smallest absolute Gasteiger partial charge is 0.141 e. The van der Waals surface area contributed by atoms with Crippen molar-refractivity contribution in [3.63, 3.8) is 0 Å². The molecule has 80 valence electrons. The summed E-state index contributed by atoms with van der Waals surface area (Å²) < 4.78 is 0. The second kappa shape index (κ2) is 6.26. The first kappa shape index (κ1) is 13.7. The number of allylic oxidation sites excluding steroid dienone is 2. The normalized spacial score (nSPS) is 14.6. The van der Waals surface area contributed by atoms with Crippen LogP contribution in [0.15, 0.2) is 24.3 Å². The predicted octanol–water partition coefficient (Wildman–Crippen LogP) is 3.70. The molecule has 0 aliphatic heterocycles. The predicted molar refractivity (Wildman–Crippen MR) is 63.2 cm³/mol. The highest BCUT2D eigenvalue weighted by Crippen LogP contribution is 2.16. The van der Waals surface area contributed by atoms with Gasteiger partial charge in [-0.05, 0) is 13.8 Å². The van der Waals surface area contributed by atoms with Gasteiger partial charge in [0.15, 0.2) is 0 Å². The standard InChI is InChI=1S/C11H16Cl2O/c1-7(9(3)12)5-11(14)6-8(2)10(4)13/h9-10H,1-2,5-6H2,3-4H3. The Labute approximate surface area is 95.8 Å². The highest BCUT2D eigenvalue weighted by atomic mass is 35.5. The van der Waals surface area contributed by atoms with Crippen LogP contribution in [0.25, 0.3) is 0 Å². The monoisotopic (exact) mass is 234 g/mol. The minimum absolute atomic E-state index is 0.0694. The number of carbonyl (C=O) groups excluding carboxylic acids is 1. The van der Waals surface area contributed by atoms with Gasteiger partial charge < -0.3 is 0 Å². The largest absolute Gasteiger partial charge is 0.299 e. The number of hydrogen-bond donors (Lipinski definition) is 0. The lowest BCUT2D eigenvalue weighted by molar-refractivity contribution is -0.117. The highest BCUT2D eigenvalue weighted by molar-refractivity contribution is 6.22. The van der Waals surface area contributed by atoms with E-state index >= 15 is 0 Å². The van der Waals surface area contributed by atoms with Crippen molar-refractivity contribution in [2.24, 2.45) is 0 Å². The first-order chi connectivity index (χ1) is 6.34. The van der Waals surface area contributed by atoms with Gasteiger partial charge in [-0.3, -0.25) is 4.79 Å². The lowest BCUT2D eigenvalue weighted by atomic mass is 10.0. The van der Waals surface area contributed by atoms with Crippen molar-refractivity contribution in [3.05, 3.63) is 24.3 Å². The number of rotatable bonds is 6. The van der Waals surface area contributed by atoms with E-state index in [0.29, 0.717) is 12.8 Å². The van der Waals surface area contributed by atoms with Crippen LogP contribution in [0.2, 0.25) is 0 Å². The molecule has 0 heterocycles. The van der Waals surface area contributed by atoms with Crippen LogP contribution < -0.4 is 0 Å². The molecule has 0 spiro atoms. The molecule has 2 atom stereocenters. The van der Waals surface area contributed by atoms with Crippen molar-refractivity contribution in [2.75, 3.05) is 0 Å². The Kier molecular flexibility index (Phi) is 6.14. The Balaban J connectivity index is 4.00. The number of Topliss-reactive ketones (excluding diaryl/α,β-unsaturated/α-hetero) is 1. The molecule has 0 aromatic rings. The fourth-order valence-electron chi connectivity index (χ4n) is 0.850. The van der Waals surface area contributed by atoms with Gasteiger partial charge in [-0.15, -0.1) is 23.2 Å². The summed E-state index contributed by atoms with van der Waals surface area (Å²) in [4.78, 5) is 11.4. The Morgan fingerprint density at radius 3 is 1.57 bits per heavy atom. The molecule has 0 saturated carbocycles. The van der Waals surface area contributed by atoms with Crippen molar-refractivity contribution in [1.82, 2.24) is 0 Å².